The maximum absolute atomic E-state index is 8.65. The predicted molar refractivity (Wildman–Crippen MR) is 74.5 cm³/mol. The fourth-order valence-electron chi connectivity index (χ4n) is 2.23. The Bertz CT molecular complexity index is 408. The molecule has 1 saturated carbocycles. The Morgan fingerprint density at radius 1 is 1.33 bits per heavy atom. The Morgan fingerprint density at radius 3 is 2.94 bits per heavy atom. The molecule has 0 bridgehead atoms. The van der Waals surface area contributed by atoms with Crippen LogP contribution in [0.25, 0.3) is 0 Å². The van der Waals surface area contributed by atoms with Crippen molar-refractivity contribution in [3.8, 4) is 11.8 Å². The summed E-state index contributed by atoms with van der Waals surface area (Å²) in [5.41, 5.74) is 0. The van der Waals surface area contributed by atoms with Crippen LogP contribution in [0.5, 0.6) is 0 Å². The average molecular weight is 264 g/mol. The Labute approximate surface area is 113 Å². The van der Waals surface area contributed by atoms with E-state index in [1.807, 2.05) is 6.07 Å². The topological polar surface area (TPSA) is 29.5 Å². The fourth-order valence-corrected chi connectivity index (χ4v) is 3.05. The summed E-state index contributed by atoms with van der Waals surface area (Å²) in [4.78, 5) is 2.30. The van der Waals surface area contributed by atoms with Crippen LogP contribution in [0.1, 0.15) is 41.9 Å². The number of aliphatic hydroxyl groups excluding tert-OH is 1. The van der Waals surface area contributed by atoms with Crippen molar-refractivity contribution in [1.29, 1.82) is 0 Å². The summed E-state index contributed by atoms with van der Waals surface area (Å²) in [5, 5.41) is 8.65. The van der Waals surface area contributed by atoms with Crippen LogP contribution in [0, 0.1) is 17.8 Å². The van der Waals surface area contributed by atoms with Crippen molar-refractivity contribution in [2.24, 2.45) is 5.92 Å². The second-order valence-corrected chi connectivity index (χ2v) is 5.88. The maximum Gasteiger partial charge on any atom is 0.0809 e. The summed E-state index contributed by atoms with van der Waals surface area (Å²) in [6.07, 6.45) is 5.96. The van der Waals surface area contributed by atoms with Crippen molar-refractivity contribution < 1.29 is 9.84 Å². The highest BCUT2D eigenvalue weighted by molar-refractivity contribution is 7.12. The molecule has 0 unspecified atom stereocenters. The molecule has 0 radical (unpaired) electrons. The summed E-state index contributed by atoms with van der Waals surface area (Å²) in [6.45, 7) is 1.75. The standard InChI is InChI=1S/C15H20O2S/c16-10-4-3-7-14-8-9-15(18-14)12-17-11-13-5-1-2-6-13/h8-9,13,16H,1-2,4-6,10-12H2. The second kappa shape index (κ2) is 7.58. The van der Waals surface area contributed by atoms with Crippen molar-refractivity contribution >= 4 is 11.3 Å². The van der Waals surface area contributed by atoms with Crippen LogP contribution in [0.3, 0.4) is 0 Å². The van der Waals surface area contributed by atoms with Gasteiger partial charge in [0.2, 0.25) is 0 Å². The van der Waals surface area contributed by atoms with Gasteiger partial charge in [-0.1, -0.05) is 24.7 Å². The smallest absolute Gasteiger partial charge is 0.0809 e. The van der Waals surface area contributed by atoms with Crippen LogP contribution in [-0.4, -0.2) is 18.3 Å². The van der Waals surface area contributed by atoms with Crippen molar-refractivity contribution in [2.75, 3.05) is 13.2 Å². The van der Waals surface area contributed by atoms with Gasteiger partial charge in [0.05, 0.1) is 18.1 Å². The Balaban J connectivity index is 1.71. The summed E-state index contributed by atoms with van der Waals surface area (Å²) in [5.74, 6) is 6.77. The Hall–Kier alpha value is -0.820. The quantitative estimate of drug-likeness (QED) is 0.828. The number of hydrogen-bond acceptors (Lipinski definition) is 3. The van der Waals surface area contributed by atoms with E-state index < -0.39 is 0 Å². The zero-order valence-corrected chi connectivity index (χ0v) is 11.5. The van der Waals surface area contributed by atoms with Crippen LogP contribution in [0.4, 0.5) is 0 Å². The molecule has 1 aromatic rings. The minimum absolute atomic E-state index is 0.135. The number of rotatable bonds is 5. The third-order valence-corrected chi connectivity index (χ3v) is 4.16. The first kappa shape index (κ1) is 13.6. The first-order valence-electron chi connectivity index (χ1n) is 6.64. The molecule has 1 aliphatic rings. The largest absolute Gasteiger partial charge is 0.395 e. The number of ether oxygens (including phenoxy) is 1. The molecule has 1 N–H and O–H groups in total. The first-order chi connectivity index (χ1) is 8.88. The fraction of sp³-hybridized carbons (Fsp3) is 0.600. The lowest BCUT2D eigenvalue weighted by atomic mass is 10.1. The van der Waals surface area contributed by atoms with E-state index >= 15 is 0 Å². The van der Waals surface area contributed by atoms with E-state index in [1.165, 1.54) is 30.6 Å². The van der Waals surface area contributed by atoms with E-state index in [0.29, 0.717) is 13.0 Å². The normalized spacial score (nSPS) is 15.6. The van der Waals surface area contributed by atoms with Crippen molar-refractivity contribution in [1.82, 2.24) is 0 Å². The second-order valence-electron chi connectivity index (χ2n) is 4.71. The number of thiophene rings is 1. The molecule has 0 spiro atoms. The van der Waals surface area contributed by atoms with E-state index in [9.17, 15) is 0 Å². The molecule has 1 aromatic heterocycles. The predicted octanol–water partition coefficient (Wildman–Crippen LogP) is 3.19. The van der Waals surface area contributed by atoms with Crippen LogP contribution in [0.15, 0.2) is 12.1 Å². The molecule has 18 heavy (non-hydrogen) atoms. The molecule has 1 aliphatic carbocycles. The number of hydrogen-bond donors (Lipinski definition) is 1. The molecular weight excluding hydrogens is 244 g/mol. The molecule has 0 aliphatic heterocycles. The van der Waals surface area contributed by atoms with Gasteiger partial charge in [0.25, 0.3) is 0 Å². The average Bonchev–Trinajstić information content (AvgIpc) is 3.01. The zero-order valence-electron chi connectivity index (χ0n) is 10.7. The van der Waals surface area contributed by atoms with Crippen molar-refractivity contribution in [3.05, 3.63) is 21.9 Å². The minimum atomic E-state index is 0.135. The first-order valence-corrected chi connectivity index (χ1v) is 7.46. The summed E-state index contributed by atoms with van der Waals surface area (Å²) >= 11 is 1.69. The molecule has 1 fully saturated rings. The van der Waals surface area contributed by atoms with Gasteiger partial charge in [-0.15, -0.1) is 11.3 Å². The number of aliphatic hydroxyl groups is 1. The van der Waals surface area contributed by atoms with Gasteiger partial charge in [-0.25, -0.2) is 0 Å². The molecule has 2 nitrogen and oxygen atoms in total. The molecule has 98 valence electrons. The van der Waals surface area contributed by atoms with E-state index in [0.717, 1.165) is 17.4 Å². The molecular formula is C15H20O2S. The van der Waals surface area contributed by atoms with Crippen molar-refractivity contribution in [2.45, 2.75) is 38.7 Å². The van der Waals surface area contributed by atoms with Gasteiger partial charge < -0.3 is 9.84 Å². The van der Waals surface area contributed by atoms with E-state index in [1.54, 1.807) is 11.3 Å². The highest BCUT2D eigenvalue weighted by Crippen LogP contribution is 2.25. The minimum Gasteiger partial charge on any atom is -0.395 e. The maximum atomic E-state index is 8.65. The molecule has 0 atom stereocenters. The summed E-state index contributed by atoms with van der Waals surface area (Å²) in [7, 11) is 0. The Kier molecular flexibility index (Phi) is 5.73. The Morgan fingerprint density at radius 2 is 2.17 bits per heavy atom. The van der Waals surface area contributed by atoms with Gasteiger partial charge >= 0.3 is 0 Å². The monoisotopic (exact) mass is 264 g/mol. The summed E-state index contributed by atoms with van der Waals surface area (Å²) in [6, 6.07) is 4.12. The van der Waals surface area contributed by atoms with E-state index in [4.69, 9.17) is 9.84 Å². The van der Waals surface area contributed by atoms with Gasteiger partial charge in [0.15, 0.2) is 0 Å². The molecule has 0 aromatic carbocycles. The highest BCUT2D eigenvalue weighted by Gasteiger charge is 2.14. The molecule has 1 heterocycles. The van der Waals surface area contributed by atoms with Gasteiger partial charge in [-0.3, -0.25) is 0 Å². The van der Waals surface area contributed by atoms with Crippen molar-refractivity contribution in [3.63, 3.8) is 0 Å². The molecule has 0 saturated heterocycles. The summed E-state index contributed by atoms with van der Waals surface area (Å²) < 4.78 is 5.76. The zero-order chi connectivity index (χ0) is 12.6. The van der Waals surface area contributed by atoms with Gasteiger partial charge in [-0.2, -0.15) is 0 Å². The highest BCUT2D eigenvalue weighted by atomic mass is 32.1. The lowest BCUT2D eigenvalue weighted by Gasteiger charge is -2.08. The third-order valence-electron chi connectivity index (χ3n) is 3.18. The van der Waals surface area contributed by atoms with Gasteiger partial charge in [0.1, 0.15) is 0 Å². The molecule has 2 rings (SSSR count). The van der Waals surface area contributed by atoms with Gasteiger partial charge in [0, 0.05) is 17.9 Å². The van der Waals surface area contributed by atoms with Crippen LogP contribution >= 0.6 is 11.3 Å². The lowest BCUT2D eigenvalue weighted by Crippen LogP contribution is -2.04. The van der Waals surface area contributed by atoms with E-state index in [2.05, 4.69) is 17.9 Å². The molecule has 0 amide bonds. The lowest BCUT2D eigenvalue weighted by molar-refractivity contribution is 0.0906. The van der Waals surface area contributed by atoms with E-state index in [-0.39, 0.29) is 6.61 Å². The van der Waals surface area contributed by atoms with Crippen LogP contribution < -0.4 is 0 Å². The molecule has 3 heteroatoms. The third kappa shape index (κ3) is 4.45. The van der Waals surface area contributed by atoms with Crippen LogP contribution in [0.2, 0.25) is 0 Å². The van der Waals surface area contributed by atoms with Crippen LogP contribution in [-0.2, 0) is 11.3 Å². The SMILES string of the molecule is OCCC#Cc1ccc(COCC2CCCC2)s1. The van der Waals surface area contributed by atoms with Gasteiger partial charge in [-0.05, 0) is 30.9 Å².